The lowest BCUT2D eigenvalue weighted by molar-refractivity contribution is -0.131. The Labute approximate surface area is 122 Å². The average molecular weight is 291 g/mol. The third-order valence-corrected chi connectivity index (χ3v) is 2.48. The molecule has 0 aliphatic heterocycles. The van der Waals surface area contributed by atoms with Gasteiger partial charge in [-0.05, 0) is 18.6 Å². The van der Waals surface area contributed by atoms with Crippen molar-refractivity contribution >= 4 is 23.9 Å². The van der Waals surface area contributed by atoms with E-state index in [0.717, 1.165) is 12.5 Å². The van der Waals surface area contributed by atoms with Crippen LogP contribution in [0.4, 0.5) is 0 Å². The van der Waals surface area contributed by atoms with Crippen molar-refractivity contribution in [2.45, 2.75) is 13.3 Å². The monoisotopic (exact) mass is 291 g/mol. The Morgan fingerprint density at radius 2 is 2.10 bits per heavy atom. The minimum absolute atomic E-state index is 0.136. The molecule has 7 heteroatoms. The van der Waals surface area contributed by atoms with Crippen LogP contribution in [0, 0.1) is 0 Å². The first-order valence-corrected chi connectivity index (χ1v) is 6.44. The van der Waals surface area contributed by atoms with Crippen molar-refractivity contribution in [2.75, 3.05) is 13.1 Å². The van der Waals surface area contributed by atoms with Gasteiger partial charge >= 0.3 is 5.97 Å². The van der Waals surface area contributed by atoms with Crippen molar-refractivity contribution in [1.82, 2.24) is 15.6 Å². The molecule has 7 nitrogen and oxygen atoms in total. The predicted octanol–water partition coefficient (Wildman–Crippen LogP) is 0.435. The minimum atomic E-state index is -1.12. The first kappa shape index (κ1) is 16.4. The number of amides is 2. The van der Waals surface area contributed by atoms with Crippen LogP contribution in [0.1, 0.15) is 29.3 Å². The van der Waals surface area contributed by atoms with E-state index in [2.05, 4.69) is 15.6 Å². The molecule has 3 N–H and O–H groups in total. The zero-order valence-electron chi connectivity index (χ0n) is 11.6. The van der Waals surface area contributed by atoms with Crippen molar-refractivity contribution in [2.24, 2.45) is 0 Å². The summed E-state index contributed by atoms with van der Waals surface area (Å²) in [6.45, 7) is 2.34. The number of aliphatic carboxylic acids is 1. The minimum Gasteiger partial charge on any atom is -0.478 e. The van der Waals surface area contributed by atoms with Crippen molar-refractivity contribution < 1.29 is 19.5 Å². The molecular weight excluding hydrogens is 274 g/mol. The van der Waals surface area contributed by atoms with Crippen LogP contribution in [0.5, 0.6) is 0 Å². The first-order valence-electron chi connectivity index (χ1n) is 6.44. The Kier molecular flexibility index (Phi) is 6.59. The molecule has 0 aliphatic carbocycles. The fraction of sp³-hybridized carbons (Fsp3) is 0.286. The molecule has 1 aromatic rings. The molecule has 1 aromatic heterocycles. The van der Waals surface area contributed by atoms with Gasteiger partial charge in [0, 0.05) is 36.1 Å². The molecule has 1 heterocycles. The van der Waals surface area contributed by atoms with E-state index in [1.165, 1.54) is 24.5 Å². The van der Waals surface area contributed by atoms with Gasteiger partial charge in [-0.3, -0.25) is 14.6 Å². The van der Waals surface area contributed by atoms with Crippen LogP contribution < -0.4 is 10.6 Å². The summed E-state index contributed by atoms with van der Waals surface area (Å²) < 4.78 is 0. The molecule has 0 fully saturated rings. The predicted molar refractivity (Wildman–Crippen MR) is 76.5 cm³/mol. The Bertz CT molecular complexity index is 555. The Morgan fingerprint density at radius 3 is 2.76 bits per heavy atom. The molecule has 112 valence electrons. The quantitative estimate of drug-likeness (QED) is 0.631. The van der Waals surface area contributed by atoms with Gasteiger partial charge in [-0.1, -0.05) is 6.92 Å². The van der Waals surface area contributed by atoms with Gasteiger partial charge in [-0.15, -0.1) is 0 Å². The Morgan fingerprint density at radius 1 is 1.33 bits per heavy atom. The van der Waals surface area contributed by atoms with E-state index in [1.807, 2.05) is 6.92 Å². The van der Waals surface area contributed by atoms with Gasteiger partial charge < -0.3 is 15.7 Å². The summed E-state index contributed by atoms with van der Waals surface area (Å²) in [4.78, 5) is 37.7. The summed E-state index contributed by atoms with van der Waals surface area (Å²) >= 11 is 0. The van der Waals surface area contributed by atoms with Gasteiger partial charge in [0.05, 0.1) is 6.54 Å². The van der Waals surface area contributed by atoms with E-state index < -0.39 is 11.9 Å². The summed E-state index contributed by atoms with van der Waals surface area (Å²) in [6, 6.07) is 1.46. The van der Waals surface area contributed by atoms with Crippen LogP contribution in [0.2, 0.25) is 0 Å². The molecule has 1 rings (SSSR count). The number of carboxylic acids is 1. The number of carboxylic acid groups (broad SMARTS) is 1. The molecule has 2 amide bonds. The number of nitrogens with zero attached hydrogens (tertiary/aromatic N) is 1. The summed E-state index contributed by atoms with van der Waals surface area (Å²) in [5.74, 6) is -1.86. The molecule has 0 aliphatic rings. The van der Waals surface area contributed by atoms with Crippen LogP contribution in [0.15, 0.2) is 24.5 Å². The summed E-state index contributed by atoms with van der Waals surface area (Å²) in [5.41, 5.74) is 0.622. The second-order valence-corrected chi connectivity index (χ2v) is 4.17. The molecule has 0 aromatic carbocycles. The number of aromatic nitrogens is 1. The molecule has 0 bridgehead atoms. The van der Waals surface area contributed by atoms with Gasteiger partial charge in [0.1, 0.15) is 0 Å². The SMILES string of the molecule is CCCNC(=O)CNC(=O)c1ccncc1C=CC(=O)O. The number of pyridine rings is 1. The van der Waals surface area contributed by atoms with Gasteiger partial charge in [0.25, 0.3) is 5.91 Å². The smallest absolute Gasteiger partial charge is 0.328 e. The third kappa shape index (κ3) is 5.85. The lowest BCUT2D eigenvalue weighted by Gasteiger charge is -2.07. The van der Waals surface area contributed by atoms with Crippen LogP contribution >= 0.6 is 0 Å². The van der Waals surface area contributed by atoms with Crippen LogP contribution in [-0.4, -0.2) is 41.0 Å². The maximum Gasteiger partial charge on any atom is 0.328 e. The third-order valence-electron chi connectivity index (χ3n) is 2.48. The number of carbonyl (C=O) groups is 3. The maximum atomic E-state index is 12.0. The van der Waals surface area contributed by atoms with Crippen LogP contribution in [0.3, 0.4) is 0 Å². The second kappa shape index (κ2) is 8.47. The highest BCUT2D eigenvalue weighted by Crippen LogP contribution is 2.08. The molecular formula is C14H17N3O4. The molecule has 0 atom stereocenters. The number of hydrogen-bond donors (Lipinski definition) is 3. The fourth-order valence-electron chi connectivity index (χ4n) is 1.49. The Hall–Kier alpha value is -2.70. The van der Waals surface area contributed by atoms with Gasteiger partial charge in [0.15, 0.2) is 0 Å². The van der Waals surface area contributed by atoms with Gasteiger partial charge in [0.2, 0.25) is 5.91 Å². The highest BCUT2D eigenvalue weighted by Gasteiger charge is 2.11. The molecule has 0 spiro atoms. The fourth-order valence-corrected chi connectivity index (χ4v) is 1.49. The van der Waals surface area contributed by atoms with Gasteiger partial charge in [-0.25, -0.2) is 4.79 Å². The number of carbonyl (C=O) groups excluding carboxylic acids is 2. The maximum absolute atomic E-state index is 12.0. The number of nitrogens with one attached hydrogen (secondary N) is 2. The van der Waals surface area contributed by atoms with Gasteiger partial charge in [-0.2, -0.15) is 0 Å². The molecule has 0 saturated carbocycles. The topological polar surface area (TPSA) is 108 Å². The highest BCUT2D eigenvalue weighted by molar-refractivity contribution is 6.00. The molecule has 0 radical (unpaired) electrons. The average Bonchev–Trinajstić information content (AvgIpc) is 2.48. The van der Waals surface area contributed by atoms with Crippen molar-refractivity contribution in [3.05, 3.63) is 35.7 Å². The van der Waals surface area contributed by atoms with Crippen LogP contribution in [0.25, 0.3) is 6.08 Å². The summed E-state index contributed by atoms with van der Waals surface area (Å²) in [5, 5.41) is 13.7. The van der Waals surface area contributed by atoms with Crippen molar-refractivity contribution in [3.63, 3.8) is 0 Å². The lowest BCUT2D eigenvalue weighted by Crippen LogP contribution is -2.37. The van der Waals surface area contributed by atoms with E-state index in [0.29, 0.717) is 12.1 Å². The number of rotatable bonds is 7. The van der Waals surface area contributed by atoms with Crippen LogP contribution in [-0.2, 0) is 9.59 Å². The zero-order chi connectivity index (χ0) is 15.7. The molecule has 0 saturated heterocycles. The Balaban J connectivity index is 2.70. The standard InChI is InChI=1S/C14H17N3O4/c1-2-6-16-12(18)9-17-14(21)11-5-7-15-8-10(11)3-4-13(19)20/h3-5,7-8H,2,6,9H2,1H3,(H,16,18)(H,17,21)(H,19,20). The summed E-state index contributed by atoms with van der Waals surface area (Å²) in [7, 11) is 0. The lowest BCUT2D eigenvalue weighted by atomic mass is 10.1. The normalized spacial score (nSPS) is 10.3. The van der Waals surface area contributed by atoms with Crippen molar-refractivity contribution in [1.29, 1.82) is 0 Å². The molecule has 21 heavy (non-hydrogen) atoms. The van der Waals surface area contributed by atoms with E-state index in [9.17, 15) is 14.4 Å². The first-order chi connectivity index (χ1) is 10.0. The van der Waals surface area contributed by atoms with E-state index in [-0.39, 0.29) is 18.0 Å². The molecule has 0 unspecified atom stereocenters. The second-order valence-electron chi connectivity index (χ2n) is 4.17. The van der Waals surface area contributed by atoms with Crippen molar-refractivity contribution in [3.8, 4) is 0 Å². The zero-order valence-corrected chi connectivity index (χ0v) is 11.6. The van der Waals surface area contributed by atoms with E-state index >= 15 is 0 Å². The largest absolute Gasteiger partial charge is 0.478 e. The summed E-state index contributed by atoms with van der Waals surface area (Å²) in [6.07, 6.45) is 5.81. The highest BCUT2D eigenvalue weighted by atomic mass is 16.4. The number of hydrogen-bond acceptors (Lipinski definition) is 4. The van der Waals surface area contributed by atoms with E-state index in [4.69, 9.17) is 5.11 Å². The van der Waals surface area contributed by atoms with E-state index in [1.54, 1.807) is 0 Å².